The molecule has 2 N–H and O–H groups in total. The lowest BCUT2D eigenvalue weighted by atomic mass is 10.0. The molecule has 1 atom stereocenters. The smallest absolute Gasteiger partial charge is 0.115 e. The average molecular weight is 164 g/mol. The summed E-state index contributed by atoms with van der Waals surface area (Å²) in [5, 5.41) is 18.3. The Hall–Kier alpha value is -1.02. The summed E-state index contributed by atoms with van der Waals surface area (Å²) in [5.41, 5.74) is 2.39. The first-order chi connectivity index (χ1) is 5.81. The third-order valence-corrected chi connectivity index (χ3v) is 2.55. The van der Waals surface area contributed by atoms with Crippen LogP contribution in [0.4, 0.5) is 0 Å². The molecule has 0 spiro atoms. The van der Waals surface area contributed by atoms with Crippen LogP contribution in [0.3, 0.4) is 0 Å². The van der Waals surface area contributed by atoms with Gasteiger partial charge in [-0.15, -0.1) is 0 Å². The molecule has 0 saturated heterocycles. The second kappa shape index (κ2) is 2.79. The molecule has 0 heterocycles. The van der Waals surface area contributed by atoms with Crippen LogP contribution >= 0.6 is 0 Å². The van der Waals surface area contributed by atoms with Gasteiger partial charge in [0.1, 0.15) is 5.75 Å². The van der Waals surface area contributed by atoms with Crippen LogP contribution in [0.1, 0.15) is 23.5 Å². The quantitative estimate of drug-likeness (QED) is 0.659. The van der Waals surface area contributed by atoms with Gasteiger partial charge in [-0.3, -0.25) is 0 Å². The predicted molar refractivity (Wildman–Crippen MR) is 46.3 cm³/mol. The van der Waals surface area contributed by atoms with Gasteiger partial charge in [0.2, 0.25) is 0 Å². The Morgan fingerprint density at radius 1 is 1.42 bits per heavy atom. The first kappa shape index (κ1) is 7.62. The zero-order chi connectivity index (χ0) is 8.55. The predicted octanol–water partition coefficient (Wildman–Crippen LogP) is 1.41. The van der Waals surface area contributed by atoms with E-state index in [-0.39, 0.29) is 12.5 Å². The molecule has 1 aromatic rings. The van der Waals surface area contributed by atoms with Gasteiger partial charge in [-0.05, 0) is 36.1 Å². The van der Waals surface area contributed by atoms with Gasteiger partial charge in [-0.25, -0.2) is 0 Å². The number of benzene rings is 1. The first-order valence-corrected chi connectivity index (χ1v) is 4.24. The molecule has 0 saturated carbocycles. The van der Waals surface area contributed by atoms with E-state index in [4.69, 9.17) is 5.11 Å². The lowest BCUT2D eigenvalue weighted by molar-refractivity contribution is 0.265. The highest BCUT2D eigenvalue weighted by Gasteiger charge is 2.21. The molecule has 1 aliphatic carbocycles. The Morgan fingerprint density at radius 2 is 2.25 bits per heavy atom. The summed E-state index contributed by atoms with van der Waals surface area (Å²) in [6, 6.07) is 5.42. The molecule has 1 aromatic carbocycles. The van der Waals surface area contributed by atoms with Crippen molar-refractivity contribution in [2.45, 2.75) is 18.8 Å². The molecule has 2 nitrogen and oxygen atoms in total. The van der Waals surface area contributed by atoms with E-state index in [1.54, 1.807) is 12.1 Å². The fourth-order valence-corrected chi connectivity index (χ4v) is 1.86. The van der Waals surface area contributed by atoms with Crippen molar-refractivity contribution < 1.29 is 10.2 Å². The molecule has 0 amide bonds. The Morgan fingerprint density at radius 3 is 3.00 bits per heavy atom. The summed E-state index contributed by atoms with van der Waals surface area (Å²) in [6.45, 7) is 0.191. The van der Waals surface area contributed by atoms with Crippen molar-refractivity contribution in [3.63, 3.8) is 0 Å². The summed E-state index contributed by atoms with van der Waals surface area (Å²) in [4.78, 5) is 0. The van der Waals surface area contributed by atoms with E-state index in [0.717, 1.165) is 18.4 Å². The van der Waals surface area contributed by atoms with Crippen LogP contribution in [0.15, 0.2) is 18.2 Å². The normalized spacial score (nSPS) is 20.9. The van der Waals surface area contributed by atoms with Gasteiger partial charge in [0, 0.05) is 12.5 Å². The number of fused-ring (bicyclic) bond motifs is 1. The van der Waals surface area contributed by atoms with Gasteiger partial charge < -0.3 is 10.2 Å². The number of aliphatic hydroxyl groups is 1. The summed E-state index contributed by atoms with van der Waals surface area (Å²) in [5.74, 6) is 0.543. The molecule has 64 valence electrons. The highest BCUT2D eigenvalue weighted by molar-refractivity contribution is 5.40. The minimum Gasteiger partial charge on any atom is -0.508 e. The minimum atomic E-state index is 0.191. The lowest BCUT2D eigenvalue weighted by Gasteiger charge is -2.06. The highest BCUT2D eigenvalue weighted by atomic mass is 16.3. The van der Waals surface area contributed by atoms with E-state index in [1.807, 2.05) is 6.07 Å². The molecular formula is C10H12O2. The lowest BCUT2D eigenvalue weighted by Crippen LogP contribution is -1.98. The van der Waals surface area contributed by atoms with Crippen LogP contribution < -0.4 is 0 Å². The molecule has 1 unspecified atom stereocenters. The fourth-order valence-electron chi connectivity index (χ4n) is 1.86. The number of phenolic OH excluding ortho intramolecular Hbond substituents is 1. The third kappa shape index (κ3) is 1.08. The largest absolute Gasteiger partial charge is 0.508 e. The number of aliphatic hydroxyl groups excluding tert-OH is 1. The number of rotatable bonds is 1. The van der Waals surface area contributed by atoms with Gasteiger partial charge in [0.25, 0.3) is 0 Å². The van der Waals surface area contributed by atoms with Crippen molar-refractivity contribution in [1.29, 1.82) is 0 Å². The van der Waals surface area contributed by atoms with Crippen molar-refractivity contribution in [1.82, 2.24) is 0 Å². The molecule has 0 aromatic heterocycles. The van der Waals surface area contributed by atoms with Crippen molar-refractivity contribution in [2.75, 3.05) is 6.61 Å². The Bertz CT molecular complexity index is 294. The van der Waals surface area contributed by atoms with Gasteiger partial charge >= 0.3 is 0 Å². The van der Waals surface area contributed by atoms with Crippen molar-refractivity contribution >= 4 is 0 Å². The minimum absolute atomic E-state index is 0.191. The summed E-state index contributed by atoms with van der Waals surface area (Å²) < 4.78 is 0. The molecule has 1 aliphatic rings. The molecule has 0 radical (unpaired) electrons. The van der Waals surface area contributed by atoms with E-state index in [2.05, 4.69) is 0 Å². The summed E-state index contributed by atoms with van der Waals surface area (Å²) in [6.07, 6.45) is 2.04. The van der Waals surface area contributed by atoms with E-state index < -0.39 is 0 Å². The topological polar surface area (TPSA) is 40.5 Å². The SMILES string of the molecule is OCC1CCc2ccc(O)cc21. The number of phenols is 1. The number of aryl methyl sites for hydroxylation is 1. The summed E-state index contributed by atoms with van der Waals surface area (Å²) >= 11 is 0. The standard InChI is InChI=1S/C10H12O2/c11-6-8-2-1-7-3-4-9(12)5-10(7)8/h3-5,8,11-12H,1-2,6H2. The molecule has 0 aliphatic heterocycles. The maximum absolute atomic E-state index is 9.23. The monoisotopic (exact) mass is 164 g/mol. The van der Waals surface area contributed by atoms with Crippen LogP contribution in [0.2, 0.25) is 0 Å². The highest BCUT2D eigenvalue weighted by Crippen LogP contribution is 2.34. The van der Waals surface area contributed by atoms with Crippen LogP contribution in [0, 0.1) is 0 Å². The Balaban J connectivity index is 2.42. The zero-order valence-corrected chi connectivity index (χ0v) is 6.83. The van der Waals surface area contributed by atoms with Crippen molar-refractivity contribution in [3.05, 3.63) is 29.3 Å². The van der Waals surface area contributed by atoms with Crippen molar-refractivity contribution in [3.8, 4) is 5.75 Å². The van der Waals surface area contributed by atoms with E-state index >= 15 is 0 Å². The molecule has 2 rings (SSSR count). The second-order valence-corrected chi connectivity index (χ2v) is 3.30. The number of hydrogen-bond donors (Lipinski definition) is 2. The second-order valence-electron chi connectivity index (χ2n) is 3.30. The summed E-state index contributed by atoms with van der Waals surface area (Å²) in [7, 11) is 0. The van der Waals surface area contributed by atoms with Crippen molar-refractivity contribution in [2.24, 2.45) is 0 Å². The van der Waals surface area contributed by atoms with Gasteiger partial charge in [0.05, 0.1) is 0 Å². The van der Waals surface area contributed by atoms with E-state index in [0.29, 0.717) is 5.75 Å². The molecular weight excluding hydrogens is 152 g/mol. The van der Waals surface area contributed by atoms with Gasteiger partial charge in [-0.1, -0.05) is 6.07 Å². The van der Waals surface area contributed by atoms with Gasteiger partial charge in [0.15, 0.2) is 0 Å². The average Bonchev–Trinajstić information content (AvgIpc) is 2.46. The number of aromatic hydroxyl groups is 1. The molecule has 0 fully saturated rings. The van der Waals surface area contributed by atoms with Crippen LogP contribution in [-0.2, 0) is 6.42 Å². The Kier molecular flexibility index (Phi) is 1.77. The molecule has 0 bridgehead atoms. The van der Waals surface area contributed by atoms with Crippen LogP contribution in [0.5, 0.6) is 5.75 Å². The maximum Gasteiger partial charge on any atom is 0.115 e. The zero-order valence-electron chi connectivity index (χ0n) is 6.83. The maximum atomic E-state index is 9.23. The molecule has 2 heteroatoms. The first-order valence-electron chi connectivity index (χ1n) is 4.24. The van der Waals surface area contributed by atoms with Gasteiger partial charge in [-0.2, -0.15) is 0 Å². The molecule has 12 heavy (non-hydrogen) atoms. The number of hydrogen-bond acceptors (Lipinski definition) is 2. The van der Waals surface area contributed by atoms with Crippen LogP contribution in [-0.4, -0.2) is 16.8 Å². The van der Waals surface area contributed by atoms with Crippen LogP contribution in [0.25, 0.3) is 0 Å². The Labute approximate surface area is 71.5 Å². The van der Waals surface area contributed by atoms with E-state index in [9.17, 15) is 5.11 Å². The third-order valence-electron chi connectivity index (χ3n) is 2.55. The fraction of sp³-hybridized carbons (Fsp3) is 0.400. The van der Waals surface area contributed by atoms with E-state index in [1.165, 1.54) is 5.56 Å².